The quantitative estimate of drug-likeness (QED) is 0.665. The fourth-order valence-corrected chi connectivity index (χ4v) is 4.71. The second kappa shape index (κ2) is 11.5. The van der Waals surface area contributed by atoms with Crippen molar-refractivity contribution in [3.8, 4) is 11.5 Å². The molecule has 0 N–H and O–H groups in total. The third-order valence-corrected chi connectivity index (χ3v) is 6.62. The average molecular weight is 485 g/mol. The number of carbonyl (C=O) groups is 2. The van der Waals surface area contributed by atoms with Gasteiger partial charge in [0.25, 0.3) is 11.8 Å². The molecule has 0 aliphatic carbocycles. The third kappa shape index (κ3) is 6.11. The molecule has 2 aromatic rings. The van der Waals surface area contributed by atoms with Crippen molar-refractivity contribution >= 4 is 11.8 Å². The van der Waals surface area contributed by atoms with Crippen molar-refractivity contribution in [2.45, 2.75) is 38.2 Å². The van der Waals surface area contributed by atoms with E-state index in [1.807, 2.05) is 25.1 Å². The molecule has 188 valence electrons. The lowest BCUT2D eigenvalue weighted by molar-refractivity contribution is -0.177. The van der Waals surface area contributed by atoms with Crippen LogP contribution < -0.4 is 9.47 Å². The number of hydrogen-bond donors (Lipinski definition) is 0. The van der Waals surface area contributed by atoms with Crippen molar-refractivity contribution in [3.05, 3.63) is 59.9 Å². The summed E-state index contributed by atoms with van der Waals surface area (Å²) in [6.45, 7) is 3.87. The highest BCUT2D eigenvalue weighted by atomic mass is 19.1. The Bertz CT molecular complexity index is 1030. The van der Waals surface area contributed by atoms with Crippen LogP contribution in [-0.4, -0.2) is 73.2 Å². The lowest BCUT2D eigenvalue weighted by Gasteiger charge is -2.44. The van der Waals surface area contributed by atoms with Crippen LogP contribution in [0.15, 0.2) is 48.5 Å². The summed E-state index contributed by atoms with van der Waals surface area (Å²) < 4.78 is 31.1. The number of aryl methyl sites for hydroxylation is 1. The van der Waals surface area contributed by atoms with Crippen LogP contribution in [0.4, 0.5) is 4.39 Å². The first-order valence-electron chi connectivity index (χ1n) is 12.3. The summed E-state index contributed by atoms with van der Waals surface area (Å²) in [5.41, 5.74) is 0.0639. The zero-order chi connectivity index (χ0) is 24.7. The number of para-hydroxylation sites is 1. The zero-order valence-electron chi connectivity index (χ0n) is 20.2. The van der Waals surface area contributed by atoms with Gasteiger partial charge in [-0.3, -0.25) is 9.59 Å². The minimum atomic E-state index is -1.10. The first kappa shape index (κ1) is 25.0. The Balaban J connectivity index is 1.47. The molecular weight excluding hydrogens is 451 g/mol. The van der Waals surface area contributed by atoms with E-state index in [9.17, 15) is 14.0 Å². The molecule has 2 heterocycles. The van der Waals surface area contributed by atoms with E-state index in [4.69, 9.17) is 14.2 Å². The summed E-state index contributed by atoms with van der Waals surface area (Å²) in [7, 11) is 0. The number of nitrogens with zero attached hydrogens (tertiary/aromatic N) is 2. The standard InChI is InChI=1S/C27H33FN2O5/c1-2-29-14-16-33-24-12-4-3-8-21(24)9-5-6-13-27(26(29)32)20-30(15-17-35-27)25(31)19-34-23-11-7-10-22(28)18-23/h3-4,7-8,10-12,18H,2,5-6,9,13-17,19-20H2,1H3. The van der Waals surface area contributed by atoms with Gasteiger partial charge in [0.05, 0.1) is 19.7 Å². The molecule has 2 aliphatic heterocycles. The molecule has 2 aliphatic rings. The maximum Gasteiger partial charge on any atom is 0.260 e. The highest BCUT2D eigenvalue weighted by molar-refractivity contribution is 5.87. The van der Waals surface area contributed by atoms with Gasteiger partial charge in [-0.1, -0.05) is 24.3 Å². The summed E-state index contributed by atoms with van der Waals surface area (Å²) in [6.07, 6.45) is 3.03. The second-order valence-corrected chi connectivity index (χ2v) is 8.95. The molecule has 2 amide bonds. The van der Waals surface area contributed by atoms with Gasteiger partial charge < -0.3 is 24.0 Å². The summed E-state index contributed by atoms with van der Waals surface area (Å²) in [5, 5.41) is 0. The molecule has 2 aromatic carbocycles. The normalized spacial score (nSPS) is 21.5. The van der Waals surface area contributed by atoms with Crippen molar-refractivity contribution < 1.29 is 28.2 Å². The van der Waals surface area contributed by atoms with E-state index in [1.165, 1.54) is 18.2 Å². The predicted octanol–water partition coefficient (Wildman–Crippen LogP) is 3.46. The van der Waals surface area contributed by atoms with Crippen LogP contribution in [-0.2, 0) is 20.7 Å². The average Bonchev–Trinajstić information content (AvgIpc) is 2.87. The van der Waals surface area contributed by atoms with Crippen LogP contribution in [0, 0.1) is 5.82 Å². The number of likely N-dealkylation sites (N-methyl/N-ethyl adjacent to an activating group) is 1. The van der Waals surface area contributed by atoms with Crippen LogP contribution in [0.3, 0.4) is 0 Å². The number of amides is 2. The van der Waals surface area contributed by atoms with E-state index in [1.54, 1.807) is 15.9 Å². The van der Waals surface area contributed by atoms with E-state index in [0.29, 0.717) is 38.4 Å². The maximum atomic E-state index is 13.7. The highest BCUT2D eigenvalue weighted by Gasteiger charge is 2.46. The molecule has 0 aromatic heterocycles. The number of halogens is 1. The molecule has 1 fully saturated rings. The molecule has 1 saturated heterocycles. The van der Waals surface area contributed by atoms with Crippen LogP contribution in [0.1, 0.15) is 31.7 Å². The van der Waals surface area contributed by atoms with Gasteiger partial charge in [0.15, 0.2) is 12.2 Å². The Hall–Kier alpha value is -3.13. The van der Waals surface area contributed by atoms with Crippen molar-refractivity contribution in [2.75, 3.05) is 46.0 Å². The Labute approximate surface area is 205 Å². The smallest absolute Gasteiger partial charge is 0.260 e. The monoisotopic (exact) mass is 484 g/mol. The molecule has 35 heavy (non-hydrogen) atoms. The SMILES string of the molecule is CCN1CCOc2ccccc2CCCCC2(CN(C(=O)COc3cccc(F)c3)CCO2)C1=O. The fraction of sp³-hybridized carbons (Fsp3) is 0.481. The van der Waals surface area contributed by atoms with Gasteiger partial charge in [-0.25, -0.2) is 4.39 Å². The summed E-state index contributed by atoms with van der Waals surface area (Å²) in [6, 6.07) is 13.7. The second-order valence-electron chi connectivity index (χ2n) is 8.95. The number of hydrogen-bond acceptors (Lipinski definition) is 5. The molecule has 1 atom stereocenters. The summed E-state index contributed by atoms with van der Waals surface area (Å²) in [4.78, 5) is 30.1. The molecule has 0 saturated carbocycles. The van der Waals surface area contributed by atoms with E-state index < -0.39 is 11.4 Å². The molecule has 1 spiro atoms. The van der Waals surface area contributed by atoms with Gasteiger partial charge in [0, 0.05) is 19.2 Å². The maximum absolute atomic E-state index is 13.7. The number of morpholine rings is 1. The van der Waals surface area contributed by atoms with Crippen LogP contribution >= 0.6 is 0 Å². The predicted molar refractivity (Wildman–Crippen MR) is 129 cm³/mol. The number of fused-ring (bicyclic) bond motifs is 1. The Morgan fingerprint density at radius 2 is 1.97 bits per heavy atom. The Morgan fingerprint density at radius 1 is 1.11 bits per heavy atom. The number of carbonyl (C=O) groups excluding carboxylic acids is 2. The molecule has 4 rings (SSSR count). The minimum absolute atomic E-state index is 0.110. The topological polar surface area (TPSA) is 68.3 Å². The van der Waals surface area contributed by atoms with Crippen molar-refractivity contribution in [2.24, 2.45) is 0 Å². The largest absolute Gasteiger partial charge is 0.491 e. The number of ether oxygens (including phenoxy) is 3. The first-order valence-corrected chi connectivity index (χ1v) is 12.3. The first-order chi connectivity index (χ1) is 17.0. The lowest BCUT2D eigenvalue weighted by atomic mass is 9.91. The fourth-order valence-electron chi connectivity index (χ4n) is 4.71. The molecular formula is C27H33FN2O5. The van der Waals surface area contributed by atoms with Gasteiger partial charge in [-0.05, 0) is 56.4 Å². The Morgan fingerprint density at radius 3 is 2.80 bits per heavy atom. The summed E-state index contributed by atoms with van der Waals surface area (Å²) in [5.74, 6) is 0.374. The van der Waals surface area contributed by atoms with Crippen molar-refractivity contribution in [1.82, 2.24) is 9.80 Å². The Kier molecular flexibility index (Phi) is 8.23. The van der Waals surface area contributed by atoms with E-state index in [-0.39, 0.29) is 31.6 Å². The minimum Gasteiger partial charge on any atom is -0.491 e. The van der Waals surface area contributed by atoms with Crippen molar-refractivity contribution in [1.29, 1.82) is 0 Å². The van der Waals surface area contributed by atoms with Crippen LogP contribution in [0.25, 0.3) is 0 Å². The molecule has 1 unspecified atom stereocenters. The van der Waals surface area contributed by atoms with Gasteiger partial charge in [-0.2, -0.15) is 0 Å². The van der Waals surface area contributed by atoms with Crippen molar-refractivity contribution in [3.63, 3.8) is 0 Å². The van der Waals surface area contributed by atoms with Crippen LogP contribution in [0.2, 0.25) is 0 Å². The molecule has 8 heteroatoms. The number of rotatable bonds is 4. The third-order valence-electron chi connectivity index (χ3n) is 6.62. The lowest BCUT2D eigenvalue weighted by Crippen LogP contribution is -2.62. The van der Waals surface area contributed by atoms with Gasteiger partial charge >= 0.3 is 0 Å². The molecule has 0 bridgehead atoms. The van der Waals surface area contributed by atoms with Gasteiger partial charge in [0.2, 0.25) is 0 Å². The van der Waals surface area contributed by atoms with Crippen LogP contribution in [0.5, 0.6) is 11.5 Å². The number of benzene rings is 2. The molecule has 0 radical (unpaired) electrons. The van der Waals surface area contributed by atoms with E-state index in [2.05, 4.69) is 6.07 Å². The van der Waals surface area contributed by atoms with E-state index in [0.717, 1.165) is 30.6 Å². The van der Waals surface area contributed by atoms with Gasteiger partial charge in [0.1, 0.15) is 23.9 Å². The molecule has 7 nitrogen and oxygen atoms in total. The zero-order valence-corrected chi connectivity index (χ0v) is 20.2. The van der Waals surface area contributed by atoms with E-state index >= 15 is 0 Å². The highest BCUT2D eigenvalue weighted by Crippen LogP contribution is 2.29. The van der Waals surface area contributed by atoms with Gasteiger partial charge in [-0.15, -0.1) is 0 Å². The summed E-state index contributed by atoms with van der Waals surface area (Å²) >= 11 is 0.